The summed E-state index contributed by atoms with van der Waals surface area (Å²) < 4.78 is 4.88. The molecule has 0 aliphatic heterocycles. The highest BCUT2D eigenvalue weighted by atomic mass is 16.5. The second-order valence-electron chi connectivity index (χ2n) is 4.82. The van der Waals surface area contributed by atoms with Gasteiger partial charge in [-0.1, -0.05) is 24.3 Å². The van der Waals surface area contributed by atoms with Crippen molar-refractivity contribution in [2.45, 2.75) is 13.3 Å². The SMILES string of the molecule is CCOC(=O)CCN=C(c1ccccc1O)c1ccccc1O. The fourth-order valence-corrected chi connectivity index (χ4v) is 2.16. The van der Waals surface area contributed by atoms with Gasteiger partial charge in [-0.15, -0.1) is 0 Å². The van der Waals surface area contributed by atoms with Gasteiger partial charge in [0.2, 0.25) is 0 Å². The lowest BCUT2D eigenvalue weighted by molar-refractivity contribution is -0.142. The maximum Gasteiger partial charge on any atom is 0.307 e. The lowest BCUT2D eigenvalue weighted by Gasteiger charge is -2.11. The molecule has 0 unspecified atom stereocenters. The molecule has 2 rings (SSSR count). The number of phenolic OH excluding ortho intramolecular Hbond substituents is 2. The summed E-state index contributed by atoms with van der Waals surface area (Å²) in [6, 6.07) is 13.5. The fraction of sp³-hybridized carbons (Fsp3) is 0.222. The number of carbonyl (C=O) groups excluding carboxylic acids is 1. The number of ether oxygens (including phenoxy) is 1. The molecule has 0 heterocycles. The van der Waals surface area contributed by atoms with E-state index in [9.17, 15) is 15.0 Å². The molecule has 0 fully saturated rings. The van der Waals surface area contributed by atoms with Crippen molar-refractivity contribution < 1.29 is 19.7 Å². The summed E-state index contributed by atoms with van der Waals surface area (Å²) in [7, 11) is 0. The zero-order valence-corrected chi connectivity index (χ0v) is 12.9. The van der Waals surface area contributed by atoms with Crippen molar-refractivity contribution in [3.63, 3.8) is 0 Å². The van der Waals surface area contributed by atoms with E-state index in [1.165, 1.54) is 0 Å². The molecule has 2 aromatic rings. The van der Waals surface area contributed by atoms with Gasteiger partial charge in [-0.05, 0) is 31.2 Å². The highest BCUT2D eigenvalue weighted by Gasteiger charge is 2.14. The number of carbonyl (C=O) groups is 1. The molecule has 0 saturated heterocycles. The lowest BCUT2D eigenvalue weighted by atomic mass is 10.0. The summed E-state index contributed by atoms with van der Waals surface area (Å²) in [6.45, 7) is 2.28. The zero-order chi connectivity index (χ0) is 16.7. The summed E-state index contributed by atoms with van der Waals surface area (Å²) in [5.41, 5.74) is 1.43. The minimum atomic E-state index is -0.329. The number of hydrogen-bond acceptors (Lipinski definition) is 5. The summed E-state index contributed by atoms with van der Waals surface area (Å²) >= 11 is 0. The molecule has 5 heteroatoms. The van der Waals surface area contributed by atoms with Gasteiger partial charge in [-0.3, -0.25) is 9.79 Å². The number of nitrogens with zero attached hydrogens (tertiary/aromatic N) is 1. The predicted octanol–water partition coefficient (Wildman–Crippen LogP) is 2.89. The number of esters is 1. The highest BCUT2D eigenvalue weighted by molar-refractivity contribution is 6.15. The molecule has 2 N–H and O–H groups in total. The van der Waals surface area contributed by atoms with Gasteiger partial charge in [0.1, 0.15) is 11.5 Å². The van der Waals surface area contributed by atoms with Gasteiger partial charge in [0.15, 0.2) is 0 Å². The van der Waals surface area contributed by atoms with Crippen LogP contribution in [-0.2, 0) is 9.53 Å². The molecule has 0 radical (unpaired) electrons. The molecule has 0 amide bonds. The van der Waals surface area contributed by atoms with Gasteiger partial charge in [0.25, 0.3) is 0 Å². The van der Waals surface area contributed by atoms with Gasteiger partial charge >= 0.3 is 5.97 Å². The Bertz CT molecular complexity index is 662. The second kappa shape index (κ2) is 7.98. The molecule has 0 aliphatic rings. The van der Waals surface area contributed by atoms with Crippen LogP contribution < -0.4 is 0 Å². The molecular weight excluding hydrogens is 294 g/mol. The third-order valence-electron chi connectivity index (χ3n) is 3.21. The van der Waals surface area contributed by atoms with Gasteiger partial charge < -0.3 is 14.9 Å². The first-order valence-corrected chi connectivity index (χ1v) is 7.40. The van der Waals surface area contributed by atoms with E-state index in [0.717, 1.165) is 0 Å². The maximum absolute atomic E-state index is 11.4. The Morgan fingerprint density at radius 1 is 1.00 bits per heavy atom. The first-order chi connectivity index (χ1) is 11.1. The molecule has 0 saturated carbocycles. The van der Waals surface area contributed by atoms with Crippen molar-refractivity contribution in [2.24, 2.45) is 4.99 Å². The van der Waals surface area contributed by atoms with Gasteiger partial charge in [0.05, 0.1) is 25.3 Å². The van der Waals surface area contributed by atoms with Crippen LogP contribution in [0.1, 0.15) is 24.5 Å². The third kappa shape index (κ3) is 4.32. The number of phenols is 2. The molecule has 2 aromatic carbocycles. The molecule has 23 heavy (non-hydrogen) atoms. The van der Waals surface area contributed by atoms with Gasteiger partial charge in [-0.2, -0.15) is 0 Å². The topological polar surface area (TPSA) is 79.1 Å². The Labute approximate surface area is 134 Å². The van der Waals surface area contributed by atoms with Crippen LogP contribution in [0.4, 0.5) is 0 Å². The summed E-state index contributed by atoms with van der Waals surface area (Å²) in [5, 5.41) is 20.1. The van der Waals surface area contributed by atoms with Crippen LogP contribution >= 0.6 is 0 Å². The number of benzene rings is 2. The van der Waals surface area contributed by atoms with E-state index in [1.807, 2.05) is 0 Å². The number of hydrogen-bond donors (Lipinski definition) is 2. The summed E-state index contributed by atoms with van der Waals surface area (Å²) in [5.74, 6) is -0.207. The zero-order valence-electron chi connectivity index (χ0n) is 12.9. The van der Waals surface area contributed by atoms with Gasteiger partial charge in [0, 0.05) is 11.1 Å². The molecule has 5 nitrogen and oxygen atoms in total. The number of aliphatic imine (C=N–C) groups is 1. The molecule has 0 atom stereocenters. The first kappa shape index (κ1) is 16.5. The van der Waals surface area contributed by atoms with Crippen molar-refractivity contribution in [1.29, 1.82) is 0 Å². The Hall–Kier alpha value is -2.82. The minimum absolute atomic E-state index is 0.0608. The Morgan fingerprint density at radius 3 is 2.00 bits per heavy atom. The van der Waals surface area contributed by atoms with Crippen molar-refractivity contribution in [2.75, 3.05) is 13.2 Å². The van der Waals surface area contributed by atoms with Crippen LogP contribution in [0.3, 0.4) is 0 Å². The average Bonchev–Trinajstić information content (AvgIpc) is 2.54. The van der Waals surface area contributed by atoms with Gasteiger partial charge in [-0.25, -0.2) is 0 Å². The Balaban J connectivity index is 2.35. The fourth-order valence-electron chi connectivity index (χ4n) is 2.16. The largest absolute Gasteiger partial charge is 0.507 e. The predicted molar refractivity (Wildman–Crippen MR) is 88.0 cm³/mol. The van der Waals surface area contributed by atoms with E-state index < -0.39 is 0 Å². The quantitative estimate of drug-likeness (QED) is 0.635. The first-order valence-electron chi connectivity index (χ1n) is 7.40. The number of para-hydroxylation sites is 2. The lowest BCUT2D eigenvalue weighted by Crippen LogP contribution is -2.09. The summed E-state index contributed by atoms with van der Waals surface area (Å²) in [4.78, 5) is 15.8. The van der Waals surface area contributed by atoms with E-state index in [2.05, 4.69) is 4.99 Å². The van der Waals surface area contributed by atoms with E-state index in [4.69, 9.17) is 4.74 Å². The smallest absolute Gasteiger partial charge is 0.307 e. The molecular formula is C18H19NO4. The molecule has 0 bridgehead atoms. The van der Waals surface area contributed by atoms with Crippen molar-refractivity contribution >= 4 is 11.7 Å². The molecule has 0 spiro atoms. The van der Waals surface area contributed by atoms with E-state index in [-0.39, 0.29) is 30.4 Å². The van der Waals surface area contributed by atoms with Crippen molar-refractivity contribution in [3.05, 3.63) is 59.7 Å². The Kier molecular flexibility index (Phi) is 5.74. The molecule has 0 aliphatic carbocycles. The van der Waals surface area contributed by atoms with E-state index in [1.54, 1.807) is 55.5 Å². The average molecular weight is 313 g/mol. The highest BCUT2D eigenvalue weighted by Crippen LogP contribution is 2.25. The third-order valence-corrected chi connectivity index (χ3v) is 3.21. The molecule has 0 aromatic heterocycles. The summed E-state index contributed by atoms with van der Waals surface area (Å²) in [6.07, 6.45) is 0.137. The van der Waals surface area contributed by atoms with Crippen LogP contribution in [0.2, 0.25) is 0 Å². The van der Waals surface area contributed by atoms with Crippen molar-refractivity contribution in [3.8, 4) is 11.5 Å². The second-order valence-corrected chi connectivity index (χ2v) is 4.82. The number of aromatic hydroxyl groups is 2. The van der Waals surface area contributed by atoms with Crippen LogP contribution in [0.5, 0.6) is 11.5 Å². The van der Waals surface area contributed by atoms with Crippen LogP contribution in [0.15, 0.2) is 53.5 Å². The maximum atomic E-state index is 11.4. The normalized spacial score (nSPS) is 10.1. The number of rotatable bonds is 6. The molecule has 120 valence electrons. The van der Waals surface area contributed by atoms with Crippen molar-refractivity contribution in [1.82, 2.24) is 0 Å². The van der Waals surface area contributed by atoms with Crippen LogP contribution in [0, 0.1) is 0 Å². The van der Waals surface area contributed by atoms with E-state index in [0.29, 0.717) is 23.4 Å². The van der Waals surface area contributed by atoms with E-state index >= 15 is 0 Å². The standard InChI is InChI=1S/C18H19NO4/c1-2-23-17(22)11-12-19-18(13-7-3-5-9-15(13)20)14-8-4-6-10-16(14)21/h3-10,20-21H,2,11-12H2,1H3. The van der Waals surface area contributed by atoms with Crippen LogP contribution in [0.25, 0.3) is 0 Å². The van der Waals surface area contributed by atoms with Crippen LogP contribution in [-0.4, -0.2) is 35.0 Å². The Morgan fingerprint density at radius 2 is 1.52 bits per heavy atom. The minimum Gasteiger partial charge on any atom is -0.507 e. The monoisotopic (exact) mass is 313 g/mol.